The van der Waals surface area contributed by atoms with E-state index in [2.05, 4.69) is 0 Å². The van der Waals surface area contributed by atoms with E-state index in [-0.39, 0.29) is 11.7 Å². The molecule has 20 heavy (non-hydrogen) atoms. The van der Waals surface area contributed by atoms with Gasteiger partial charge in [0.1, 0.15) is 5.75 Å². The zero-order chi connectivity index (χ0) is 14.4. The second-order valence-electron chi connectivity index (χ2n) is 5.12. The van der Waals surface area contributed by atoms with Crippen LogP contribution in [0.3, 0.4) is 0 Å². The summed E-state index contributed by atoms with van der Waals surface area (Å²) in [5.74, 6) is 0.284. The summed E-state index contributed by atoms with van der Waals surface area (Å²) in [5, 5.41) is 0. The Bertz CT molecular complexity index is 461. The summed E-state index contributed by atoms with van der Waals surface area (Å²) in [7, 11) is 1.64. The Labute approximate surface area is 119 Å². The number of hydrogen-bond acceptors (Lipinski definition) is 3. The van der Waals surface area contributed by atoms with Crippen LogP contribution in [-0.4, -0.2) is 36.8 Å². The summed E-state index contributed by atoms with van der Waals surface area (Å²) in [4.78, 5) is 25.3. The van der Waals surface area contributed by atoms with Crippen molar-refractivity contribution in [3.8, 4) is 5.75 Å². The van der Waals surface area contributed by atoms with Crippen molar-refractivity contribution < 1.29 is 14.3 Å². The molecule has 0 spiro atoms. The third-order valence-corrected chi connectivity index (χ3v) is 3.66. The molecule has 1 saturated heterocycles. The molecule has 1 heterocycles. The van der Waals surface area contributed by atoms with E-state index in [1.807, 2.05) is 24.3 Å². The van der Waals surface area contributed by atoms with Gasteiger partial charge in [0.25, 0.3) is 5.91 Å². The SMILES string of the molecule is COc1ccc(CCCC(=O)C(=O)N2CCCC2)cc1. The minimum Gasteiger partial charge on any atom is -0.497 e. The van der Waals surface area contributed by atoms with Gasteiger partial charge in [-0.2, -0.15) is 0 Å². The first-order chi connectivity index (χ1) is 9.70. The second kappa shape index (κ2) is 7.08. The van der Waals surface area contributed by atoms with E-state index in [0.717, 1.165) is 43.7 Å². The maximum absolute atomic E-state index is 11.8. The number of rotatable bonds is 6. The number of ketones is 1. The zero-order valence-corrected chi connectivity index (χ0v) is 11.9. The molecule has 0 aliphatic carbocycles. The van der Waals surface area contributed by atoms with Gasteiger partial charge >= 0.3 is 0 Å². The molecule has 0 aromatic heterocycles. The third-order valence-electron chi connectivity index (χ3n) is 3.66. The van der Waals surface area contributed by atoms with E-state index in [0.29, 0.717) is 12.8 Å². The van der Waals surface area contributed by atoms with E-state index in [4.69, 9.17) is 4.74 Å². The standard InChI is InChI=1S/C16H21NO3/c1-20-14-9-7-13(8-10-14)5-4-6-15(18)16(19)17-11-2-3-12-17/h7-10H,2-6,11-12H2,1H3. The second-order valence-corrected chi connectivity index (χ2v) is 5.12. The van der Waals surface area contributed by atoms with E-state index < -0.39 is 0 Å². The molecule has 2 rings (SSSR count). The number of ether oxygens (including phenoxy) is 1. The number of benzene rings is 1. The first kappa shape index (κ1) is 14.6. The van der Waals surface area contributed by atoms with Crippen LogP contribution in [0.5, 0.6) is 5.75 Å². The predicted octanol–water partition coefficient (Wildman–Crippen LogP) is 2.21. The Morgan fingerprint density at radius 1 is 1.15 bits per heavy atom. The maximum Gasteiger partial charge on any atom is 0.289 e. The van der Waals surface area contributed by atoms with Gasteiger partial charge in [-0.1, -0.05) is 12.1 Å². The summed E-state index contributed by atoms with van der Waals surface area (Å²) in [5.41, 5.74) is 1.16. The summed E-state index contributed by atoms with van der Waals surface area (Å²) in [6.45, 7) is 1.48. The van der Waals surface area contributed by atoms with Gasteiger partial charge in [-0.25, -0.2) is 0 Å². The van der Waals surface area contributed by atoms with Gasteiger partial charge in [-0.15, -0.1) is 0 Å². The average Bonchev–Trinajstić information content (AvgIpc) is 3.01. The molecule has 1 aliphatic heterocycles. The molecule has 1 aliphatic rings. The van der Waals surface area contributed by atoms with Crippen molar-refractivity contribution in [3.63, 3.8) is 0 Å². The molecule has 4 nitrogen and oxygen atoms in total. The Morgan fingerprint density at radius 2 is 1.80 bits per heavy atom. The molecule has 1 aromatic carbocycles. The van der Waals surface area contributed by atoms with Crippen molar-refractivity contribution in [1.82, 2.24) is 4.90 Å². The Hall–Kier alpha value is -1.84. The predicted molar refractivity (Wildman–Crippen MR) is 76.8 cm³/mol. The third kappa shape index (κ3) is 3.83. The minimum atomic E-state index is -0.294. The van der Waals surface area contributed by atoms with E-state index in [1.54, 1.807) is 12.0 Å². The van der Waals surface area contributed by atoms with E-state index in [1.165, 1.54) is 0 Å². The molecular formula is C16H21NO3. The summed E-state index contributed by atoms with van der Waals surface area (Å²) < 4.78 is 5.10. The van der Waals surface area contributed by atoms with Gasteiger partial charge in [0, 0.05) is 19.5 Å². The zero-order valence-electron chi connectivity index (χ0n) is 11.9. The van der Waals surface area contributed by atoms with Crippen LogP contribution in [0.25, 0.3) is 0 Å². The average molecular weight is 275 g/mol. The topological polar surface area (TPSA) is 46.6 Å². The highest BCUT2D eigenvalue weighted by molar-refractivity contribution is 6.36. The fourth-order valence-electron chi connectivity index (χ4n) is 2.45. The quantitative estimate of drug-likeness (QED) is 0.748. The molecule has 0 saturated carbocycles. The number of carbonyl (C=O) groups is 2. The number of carbonyl (C=O) groups excluding carboxylic acids is 2. The van der Waals surface area contributed by atoms with Gasteiger partial charge < -0.3 is 9.64 Å². The molecule has 108 valence electrons. The van der Waals surface area contributed by atoms with Crippen LogP contribution < -0.4 is 4.74 Å². The first-order valence-electron chi connectivity index (χ1n) is 7.16. The van der Waals surface area contributed by atoms with Crippen LogP contribution in [-0.2, 0) is 16.0 Å². The lowest BCUT2D eigenvalue weighted by molar-refractivity contribution is -0.144. The van der Waals surface area contributed by atoms with Gasteiger partial charge in [0.15, 0.2) is 0 Å². The number of nitrogens with zero attached hydrogens (tertiary/aromatic N) is 1. The lowest BCUT2D eigenvalue weighted by Gasteiger charge is -2.13. The van der Waals surface area contributed by atoms with Crippen LogP contribution >= 0.6 is 0 Å². The lowest BCUT2D eigenvalue weighted by Crippen LogP contribution is -2.34. The Kier molecular flexibility index (Phi) is 5.16. The van der Waals surface area contributed by atoms with Crippen LogP contribution in [0.2, 0.25) is 0 Å². The van der Waals surface area contributed by atoms with E-state index >= 15 is 0 Å². The molecular weight excluding hydrogens is 254 g/mol. The van der Waals surface area contributed by atoms with Crippen molar-refractivity contribution in [2.24, 2.45) is 0 Å². The highest BCUT2D eigenvalue weighted by Gasteiger charge is 2.23. The van der Waals surface area contributed by atoms with Gasteiger partial charge in [-0.3, -0.25) is 9.59 Å². The van der Waals surface area contributed by atoms with Crippen LogP contribution in [0.4, 0.5) is 0 Å². The normalized spacial score (nSPS) is 14.3. The van der Waals surface area contributed by atoms with Crippen LogP contribution in [0.1, 0.15) is 31.2 Å². The first-order valence-corrected chi connectivity index (χ1v) is 7.16. The Balaban J connectivity index is 1.74. The molecule has 0 atom stereocenters. The van der Waals surface area contributed by atoms with E-state index in [9.17, 15) is 9.59 Å². The molecule has 1 fully saturated rings. The highest BCUT2D eigenvalue weighted by Crippen LogP contribution is 2.14. The summed E-state index contributed by atoms with van der Waals surface area (Å²) in [6, 6.07) is 7.80. The maximum atomic E-state index is 11.8. The number of hydrogen-bond donors (Lipinski definition) is 0. The summed E-state index contributed by atoms with van der Waals surface area (Å²) in [6.07, 6.45) is 3.89. The number of amides is 1. The molecule has 0 unspecified atom stereocenters. The fourth-order valence-corrected chi connectivity index (χ4v) is 2.45. The van der Waals surface area contributed by atoms with Gasteiger partial charge in [0.2, 0.25) is 5.78 Å². The molecule has 1 aromatic rings. The monoisotopic (exact) mass is 275 g/mol. The van der Waals surface area contributed by atoms with Crippen LogP contribution in [0, 0.1) is 0 Å². The molecule has 0 N–H and O–H groups in total. The fraction of sp³-hybridized carbons (Fsp3) is 0.500. The van der Waals surface area contributed by atoms with Crippen molar-refractivity contribution >= 4 is 11.7 Å². The molecule has 0 bridgehead atoms. The number of methoxy groups -OCH3 is 1. The van der Waals surface area contributed by atoms with Crippen molar-refractivity contribution in [2.45, 2.75) is 32.1 Å². The molecule has 1 amide bonds. The smallest absolute Gasteiger partial charge is 0.289 e. The molecule has 4 heteroatoms. The van der Waals surface area contributed by atoms with Crippen molar-refractivity contribution in [3.05, 3.63) is 29.8 Å². The van der Waals surface area contributed by atoms with Crippen molar-refractivity contribution in [1.29, 1.82) is 0 Å². The highest BCUT2D eigenvalue weighted by atomic mass is 16.5. The lowest BCUT2D eigenvalue weighted by atomic mass is 10.1. The largest absolute Gasteiger partial charge is 0.497 e. The van der Waals surface area contributed by atoms with Gasteiger partial charge in [0.05, 0.1) is 7.11 Å². The summed E-state index contributed by atoms with van der Waals surface area (Å²) >= 11 is 0. The number of Topliss-reactive ketones (excluding diaryl/α,β-unsaturated/α-hetero) is 1. The van der Waals surface area contributed by atoms with Crippen molar-refractivity contribution in [2.75, 3.05) is 20.2 Å². The number of likely N-dealkylation sites (tertiary alicyclic amines) is 1. The number of aryl methyl sites for hydroxylation is 1. The van der Waals surface area contributed by atoms with Crippen LogP contribution in [0.15, 0.2) is 24.3 Å². The molecule has 0 radical (unpaired) electrons. The minimum absolute atomic E-state index is 0.250. The Morgan fingerprint density at radius 3 is 2.40 bits per heavy atom. The van der Waals surface area contributed by atoms with Gasteiger partial charge in [-0.05, 0) is 43.4 Å².